The molecule has 0 spiro atoms. The fraction of sp³-hybridized carbons (Fsp3) is 0.833. The Morgan fingerprint density at radius 1 is 1.38 bits per heavy atom. The molecule has 0 aliphatic heterocycles. The van der Waals surface area contributed by atoms with E-state index in [9.17, 15) is 4.79 Å². The van der Waals surface area contributed by atoms with Crippen molar-refractivity contribution in [1.29, 1.82) is 5.26 Å². The molecule has 16 heavy (non-hydrogen) atoms. The van der Waals surface area contributed by atoms with Crippen molar-refractivity contribution in [3.05, 3.63) is 0 Å². The van der Waals surface area contributed by atoms with Gasteiger partial charge in [-0.05, 0) is 12.8 Å². The van der Waals surface area contributed by atoms with Crippen molar-refractivity contribution in [1.82, 2.24) is 4.90 Å². The van der Waals surface area contributed by atoms with Gasteiger partial charge >= 0.3 is 0 Å². The van der Waals surface area contributed by atoms with Crippen LogP contribution in [0, 0.1) is 17.2 Å². The maximum absolute atomic E-state index is 12.0. The van der Waals surface area contributed by atoms with Crippen LogP contribution in [0.4, 0.5) is 0 Å². The third kappa shape index (κ3) is 5.13. The van der Waals surface area contributed by atoms with Gasteiger partial charge in [0.25, 0.3) is 0 Å². The average Bonchev–Trinajstić information content (AvgIpc) is 2.30. The predicted octanol–water partition coefficient (Wildman–Crippen LogP) is 1.55. The van der Waals surface area contributed by atoms with E-state index in [1.807, 2.05) is 13.0 Å². The largest absolute Gasteiger partial charge is 0.395 e. The molecule has 1 unspecified atom stereocenters. The van der Waals surface area contributed by atoms with E-state index in [2.05, 4.69) is 6.92 Å². The molecule has 0 fully saturated rings. The molecule has 4 nitrogen and oxygen atoms in total. The summed E-state index contributed by atoms with van der Waals surface area (Å²) in [5, 5.41) is 17.8. The molecule has 0 aromatic carbocycles. The molecule has 0 aliphatic carbocycles. The topological polar surface area (TPSA) is 64.3 Å². The smallest absolute Gasteiger partial charge is 0.240 e. The summed E-state index contributed by atoms with van der Waals surface area (Å²) >= 11 is 0. The number of rotatable bonds is 8. The second-order valence-corrected chi connectivity index (χ2v) is 3.87. The minimum atomic E-state index is -0.548. The van der Waals surface area contributed by atoms with Crippen LogP contribution in [0.5, 0.6) is 0 Å². The SMILES string of the molecule is CCCCN(CCO)C(=O)C(C#N)CCC. The Bertz CT molecular complexity index is 236. The zero-order valence-electron chi connectivity index (χ0n) is 10.3. The molecule has 1 atom stereocenters. The number of aliphatic hydroxyl groups is 1. The molecule has 0 heterocycles. The van der Waals surface area contributed by atoms with E-state index in [1.54, 1.807) is 4.90 Å². The first-order chi connectivity index (χ1) is 7.71. The van der Waals surface area contributed by atoms with Crippen LogP contribution in [0.2, 0.25) is 0 Å². The van der Waals surface area contributed by atoms with Crippen molar-refractivity contribution in [2.75, 3.05) is 19.7 Å². The van der Waals surface area contributed by atoms with Crippen LogP contribution in [0.1, 0.15) is 39.5 Å². The van der Waals surface area contributed by atoms with Gasteiger partial charge in [0.2, 0.25) is 5.91 Å². The summed E-state index contributed by atoms with van der Waals surface area (Å²) < 4.78 is 0. The average molecular weight is 226 g/mol. The first-order valence-electron chi connectivity index (χ1n) is 6.00. The van der Waals surface area contributed by atoms with Crippen molar-refractivity contribution in [2.24, 2.45) is 5.92 Å². The fourth-order valence-corrected chi connectivity index (χ4v) is 1.55. The summed E-state index contributed by atoms with van der Waals surface area (Å²) in [5.41, 5.74) is 0. The summed E-state index contributed by atoms with van der Waals surface area (Å²) in [6.45, 7) is 4.94. The van der Waals surface area contributed by atoms with Crippen molar-refractivity contribution in [2.45, 2.75) is 39.5 Å². The number of carbonyl (C=O) groups is 1. The summed E-state index contributed by atoms with van der Waals surface area (Å²) in [6.07, 6.45) is 3.34. The van der Waals surface area contributed by atoms with Gasteiger partial charge in [-0.25, -0.2) is 0 Å². The van der Waals surface area contributed by atoms with Crippen LogP contribution in [0.3, 0.4) is 0 Å². The fourth-order valence-electron chi connectivity index (χ4n) is 1.55. The van der Waals surface area contributed by atoms with Gasteiger partial charge in [0.05, 0.1) is 12.7 Å². The van der Waals surface area contributed by atoms with E-state index in [-0.39, 0.29) is 12.5 Å². The Morgan fingerprint density at radius 2 is 2.06 bits per heavy atom. The lowest BCUT2D eigenvalue weighted by atomic mass is 10.0. The maximum atomic E-state index is 12.0. The highest BCUT2D eigenvalue weighted by atomic mass is 16.3. The Morgan fingerprint density at radius 3 is 2.50 bits per heavy atom. The van der Waals surface area contributed by atoms with Gasteiger partial charge in [0, 0.05) is 13.1 Å². The van der Waals surface area contributed by atoms with Gasteiger partial charge in [0.15, 0.2) is 0 Å². The first kappa shape index (κ1) is 14.9. The highest BCUT2D eigenvalue weighted by molar-refractivity contribution is 5.81. The number of nitrogens with zero attached hydrogens (tertiary/aromatic N) is 2. The van der Waals surface area contributed by atoms with E-state index in [1.165, 1.54) is 0 Å². The molecule has 4 heteroatoms. The zero-order valence-corrected chi connectivity index (χ0v) is 10.3. The number of unbranched alkanes of at least 4 members (excludes halogenated alkanes) is 1. The lowest BCUT2D eigenvalue weighted by Gasteiger charge is -2.23. The third-order valence-corrected chi connectivity index (χ3v) is 2.49. The molecule has 92 valence electrons. The molecule has 0 aliphatic rings. The molecular weight excluding hydrogens is 204 g/mol. The lowest BCUT2D eigenvalue weighted by molar-refractivity contribution is -0.134. The van der Waals surface area contributed by atoms with E-state index in [0.29, 0.717) is 19.5 Å². The van der Waals surface area contributed by atoms with Crippen LogP contribution >= 0.6 is 0 Å². The van der Waals surface area contributed by atoms with Gasteiger partial charge in [-0.2, -0.15) is 5.26 Å². The Labute approximate surface area is 97.9 Å². The van der Waals surface area contributed by atoms with Crippen molar-refractivity contribution >= 4 is 5.91 Å². The van der Waals surface area contributed by atoms with Crippen LogP contribution in [-0.2, 0) is 4.79 Å². The van der Waals surface area contributed by atoms with Crippen molar-refractivity contribution in [3.63, 3.8) is 0 Å². The van der Waals surface area contributed by atoms with E-state index < -0.39 is 5.92 Å². The highest BCUT2D eigenvalue weighted by Crippen LogP contribution is 2.10. The summed E-state index contributed by atoms with van der Waals surface area (Å²) in [4.78, 5) is 13.6. The van der Waals surface area contributed by atoms with Gasteiger partial charge in [-0.3, -0.25) is 4.79 Å². The van der Waals surface area contributed by atoms with Gasteiger partial charge in [-0.1, -0.05) is 26.7 Å². The van der Waals surface area contributed by atoms with Gasteiger partial charge < -0.3 is 10.0 Å². The van der Waals surface area contributed by atoms with Gasteiger partial charge in [0.1, 0.15) is 5.92 Å². The minimum Gasteiger partial charge on any atom is -0.395 e. The molecule has 0 saturated heterocycles. The number of hydrogen-bond donors (Lipinski definition) is 1. The quantitative estimate of drug-likeness (QED) is 0.683. The van der Waals surface area contributed by atoms with Crippen LogP contribution in [0.15, 0.2) is 0 Å². The Kier molecular flexibility index (Phi) is 8.55. The third-order valence-electron chi connectivity index (χ3n) is 2.49. The second kappa shape index (κ2) is 9.17. The van der Waals surface area contributed by atoms with E-state index in [4.69, 9.17) is 10.4 Å². The zero-order chi connectivity index (χ0) is 12.4. The summed E-state index contributed by atoms with van der Waals surface area (Å²) in [6, 6.07) is 2.05. The monoisotopic (exact) mass is 226 g/mol. The number of nitriles is 1. The molecule has 0 bridgehead atoms. The molecule has 0 rings (SSSR count). The molecule has 0 aromatic rings. The molecule has 0 radical (unpaired) electrons. The normalized spacial score (nSPS) is 11.9. The predicted molar refractivity (Wildman–Crippen MR) is 62.6 cm³/mol. The van der Waals surface area contributed by atoms with Crippen LogP contribution < -0.4 is 0 Å². The highest BCUT2D eigenvalue weighted by Gasteiger charge is 2.22. The molecule has 1 amide bonds. The summed E-state index contributed by atoms with van der Waals surface area (Å²) in [7, 11) is 0. The lowest BCUT2D eigenvalue weighted by Crippen LogP contribution is -2.38. The van der Waals surface area contributed by atoms with Crippen molar-refractivity contribution < 1.29 is 9.90 Å². The molecular formula is C12H22N2O2. The number of hydrogen-bond acceptors (Lipinski definition) is 3. The second-order valence-electron chi connectivity index (χ2n) is 3.87. The Hall–Kier alpha value is -1.08. The first-order valence-corrected chi connectivity index (χ1v) is 6.00. The molecule has 0 aromatic heterocycles. The minimum absolute atomic E-state index is 0.0419. The number of carbonyl (C=O) groups excluding carboxylic acids is 1. The standard InChI is InChI=1S/C12H22N2O2/c1-3-5-7-14(8-9-15)12(16)11(10-13)6-4-2/h11,15H,3-9H2,1-2H3. The van der Waals surface area contributed by atoms with E-state index >= 15 is 0 Å². The summed E-state index contributed by atoms with van der Waals surface area (Å²) in [5.74, 6) is -0.680. The molecule has 1 N–H and O–H groups in total. The van der Waals surface area contributed by atoms with Gasteiger partial charge in [-0.15, -0.1) is 0 Å². The van der Waals surface area contributed by atoms with E-state index in [0.717, 1.165) is 19.3 Å². The van der Waals surface area contributed by atoms with Crippen LogP contribution in [-0.4, -0.2) is 35.6 Å². The molecule has 0 saturated carbocycles. The maximum Gasteiger partial charge on any atom is 0.240 e. The van der Waals surface area contributed by atoms with Crippen molar-refractivity contribution in [3.8, 4) is 6.07 Å². The number of amides is 1. The van der Waals surface area contributed by atoms with Crippen LogP contribution in [0.25, 0.3) is 0 Å². The Balaban J connectivity index is 4.39. The number of aliphatic hydroxyl groups excluding tert-OH is 1.